The first-order chi connectivity index (χ1) is 7.97. The Kier molecular flexibility index (Phi) is 4.49. The number of nitro benzene ring substituents is 1. The van der Waals surface area contributed by atoms with Crippen molar-refractivity contribution in [2.45, 2.75) is 40.2 Å². The van der Waals surface area contributed by atoms with Gasteiger partial charge in [-0.15, -0.1) is 0 Å². The molecule has 4 heteroatoms. The van der Waals surface area contributed by atoms with Crippen LogP contribution in [0.1, 0.15) is 32.8 Å². The molecule has 0 aliphatic carbocycles. The van der Waals surface area contributed by atoms with E-state index in [1.807, 2.05) is 13.0 Å². The molecule has 94 valence electrons. The van der Waals surface area contributed by atoms with E-state index >= 15 is 0 Å². The Morgan fingerprint density at radius 1 is 1.41 bits per heavy atom. The van der Waals surface area contributed by atoms with E-state index in [0.717, 1.165) is 12.0 Å². The number of nitrogens with zero attached hydrogens (tertiary/aromatic N) is 1. The van der Waals surface area contributed by atoms with Crippen LogP contribution in [0.5, 0.6) is 0 Å². The van der Waals surface area contributed by atoms with Crippen molar-refractivity contribution in [1.29, 1.82) is 0 Å². The van der Waals surface area contributed by atoms with Gasteiger partial charge in [0, 0.05) is 12.1 Å². The molecule has 1 aromatic rings. The van der Waals surface area contributed by atoms with Gasteiger partial charge in [0.1, 0.15) is 5.69 Å². The summed E-state index contributed by atoms with van der Waals surface area (Å²) < 4.78 is 0. The van der Waals surface area contributed by atoms with Crippen molar-refractivity contribution in [2.75, 3.05) is 5.32 Å². The van der Waals surface area contributed by atoms with Crippen LogP contribution in [-0.4, -0.2) is 11.0 Å². The Morgan fingerprint density at radius 3 is 2.53 bits per heavy atom. The van der Waals surface area contributed by atoms with Crippen molar-refractivity contribution < 1.29 is 4.92 Å². The standard InChI is InChI=1S/C13H20N2O2/c1-5-11(9(2)3)14-13-10(4)7-6-8-12(13)15(16)17/h6-9,11,14H,5H2,1-4H3. The molecule has 0 saturated carbocycles. The molecule has 1 rings (SSSR count). The highest BCUT2D eigenvalue weighted by atomic mass is 16.6. The molecule has 1 aromatic carbocycles. The second-order valence-electron chi connectivity index (χ2n) is 4.63. The molecular formula is C13H20N2O2. The van der Waals surface area contributed by atoms with E-state index in [1.165, 1.54) is 0 Å². The van der Waals surface area contributed by atoms with Crippen LogP contribution in [0.15, 0.2) is 18.2 Å². The average molecular weight is 236 g/mol. The van der Waals surface area contributed by atoms with E-state index in [0.29, 0.717) is 11.6 Å². The summed E-state index contributed by atoms with van der Waals surface area (Å²) in [6, 6.07) is 5.41. The topological polar surface area (TPSA) is 55.2 Å². The van der Waals surface area contributed by atoms with E-state index in [4.69, 9.17) is 0 Å². The van der Waals surface area contributed by atoms with Gasteiger partial charge in [-0.2, -0.15) is 0 Å². The van der Waals surface area contributed by atoms with Crippen molar-refractivity contribution in [3.63, 3.8) is 0 Å². The molecule has 17 heavy (non-hydrogen) atoms. The van der Waals surface area contributed by atoms with Crippen LogP contribution in [0.4, 0.5) is 11.4 Å². The summed E-state index contributed by atoms with van der Waals surface area (Å²) >= 11 is 0. The minimum Gasteiger partial charge on any atom is -0.376 e. The third kappa shape index (κ3) is 3.19. The number of anilines is 1. The van der Waals surface area contributed by atoms with E-state index in [2.05, 4.69) is 26.1 Å². The Bertz CT molecular complexity index is 402. The third-order valence-electron chi connectivity index (χ3n) is 3.02. The second kappa shape index (κ2) is 5.66. The lowest BCUT2D eigenvalue weighted by Crippen LogP contribution is -2.25. The van der Waals surface area contributed by atoms with Crippen molar-refractivity contribution in [3.8, 4) is 0 Å². The number of nitrogens with one attached hydrogen (secondary N) is 1. The summed E-state index contributed by atoms with van der Waals surface area (Å²) in [5.74, 6) is 0.444. The van der Waals surface area contributed by atoms with Gasteiger partial charge in [0.2, 0.25) is 0 Å². The van der Waals surface area contributed by atoms with Gasteiger partial charge in [-0.05, 0) is 24.8 Å². The zero-order valence-corrected chi connectivity index (χ0v) is 10.9. The summed E-state index contributed by atoms with van der Waals surface area (Å²) in [4.78, 5) is 10.6. The number of nitro groups is 1. The number of para-hydroxylation sites is 1. The molecular weight excluding hydrogens is 216 g/mol. The molecule has 0 bridgehead atoms. The predicted octanol–water partition coefficient (Wildman–Crippen LogP) is 3.75. The van der Waals surface area contributed by atoms with Crippen molar-refractivity contribution in [2.24, 2.45) is 5.92 Å². The smallest absolute Gasteiger partial charge is 0.292 e. The lowest BCUT2D eigenvalue weighted by molar-refractivity contribution is -0.384. The van der Waals surface area contributed by atoms with Crippen LogP contribution >= 0.6 is 0 Å². The SMILES string of the molecule is CCC(Nc1c(C)cccc1[N+](=O)[O-])C(C)C. The molecule has 0 spiro atoms. The molecule has 0 aliphatic heterocycles. The molecule has 4 nitrogen and oxygen atoms in total. The molecule has 0 aliphatic rings. The van der Waals surface area contributed by atoms with Gasteiger partial charge < -0.3 is 5.32 Å². The van der Waals surface area contributed by atoms with Crippen LogP contribution in [-0.2, 0) is 0 Å². The highest BCUT2D eigenvalue weighted by molar-refractivity contribution is 5.66. The summed E-state index contributed by atoms with van der Waals surface area (Å²) in [6.45, 7) is 8.21. The number of rotatable bonds is 5. The van der Waals surface area contributed by atoms with Gasteiger partial charge in [-0.3, -0.25) is 10.1 Å². The Morgan fingerprint density at radius 2 is 2.06 bits per heavy atom. The quantitative estimate of drug-likeness (QED) is 0.625. The Labute approximate surface area is 102 Å². The van der Waals surface area contributed by atoms with E-state index in [9.17, 15) is 10.1 Å². The van der Waals surface area contributed by atoms with Crippen LogP contribution in [0.2, 0.25) is 0 Å². The molecule has 1 N–H and O–H groups in total. The summed E-state index contributed by atoms with van der Waals surface area (Å²) in [5, 5.41) is 14.3. The van der Waals surface area contributed by atoms with Gasteiger partial charge in [0.15, 0.2) is 0 Å². The van der Waals surface area contributed by atoms with Crippen LogP contribution in [0, 0.1) is 23.0 Å². The first-order valence-electron chi connectivity index (χ1n) is 5.97. The number of hydrogen-bond donors (Lipinski definition) is 1. The van der Waals surface area contributed by atoms with Crippen molar-refractivity contribution >= 4 is 11.4 Å². The number of aryl methyl sites for hydroxylation is 1. The van der Waals surface area contributed by atoms with Gasteiger partial charge in [0.25, 0.3) is 5.69 Å². The van der Waals surface area contributed by atoms with E-state index in [-0.39, 0.29) is 16.7 Å². The molecule has 1 atom stereocenters. The largest absolute Gasteiger partial charge is 0.376 e. The van der Waals surface area contributed by atoms with E-state index < -0.39 is 0 Å². The minimum atomic E-state index is -0.331. The average Bonchev–Trinajstić information content (AvgIpc) is 2.26. The fraction of sp³-hybridized carbons (Fsp3) is 0.538. The fourth-order valence-corrected chi connectivity index (χ4v) is 1.92. The van der Waals surface area contributed by atoms with E-state index in [1.54, 1.807) is 12.1 Å². The van der Waals surface area contributed by atoms with Crippen molar-refractivity contribution in [1.82, 2.24) is 0 Å². The number of benzene rings is 1. The summed E-state index contributed by atoms with van der Waals surface area (Å²) in [7, 11) is 0. The molecule has 0 fully saturated rings. The molecule has 0 radical (unpaired) electrons. The molecule has 1 unspecified atom stereocenters. The minimum absolute atomic E-state index is 0.157. The van der Waals surface area contributed by atoms with Crippen LogP contribution < -0.4 is 5.32 Å². The highest BCUT2D eigenvalue weighted by Gasteiger charge is 2.19. The first kappa shape index (κ1) is 13.5. The zero-order chi connectivity index (χ0) is 13.0. The highest BCUT2D eigenvalue weighted by Crippen LogP contribution is 2.29. The maximum atomic E-state index is 11.0. The second-order valence-corrected chi connectivity index (χ2v) is 4.63. The van der Waals surface area contributed by atoms with Crippen LogP contribution in [0.25, 0.3) is 0 Å². The van der Waals surface area contributed by atoms with Gasteiger partial charge in [0.05, 0.1) is 4.92 Å². The maximum absolute atomic E-state index is 11.0. The number of hydrogen-bond acceptors (Lipinski definition) is 3. The zero-order valence-electron chi connectivity index (χ0n) is 10.9. The fourth-order valence-electron chi connectivity index (χ4n) is 1.92. The maximum Gasteiger partial charge on any atom is 0.292 e. The first-order valence-corrected chi connectivity index (χ1v) is 5.97. The monoisotopic (exact) mass is 236 g/mol. The van der Waals surface area contributed by atoms with Crippen molar-refractivity contribution in [3.05, 3.63) is 33.9 Å². The molecule has 0 amide bonds. The van der Waals surface area contributed by atoms with Crippen LogP contribution in [0.3, 0.4) is 0 Å². The van der Waals surface area contributed by atoms with Gasteiger partial charge >= 0.3 is 0 Å². The summed E-state index contributed by atoms with van der Waals surface area (Å²) in [5.41, 5.74) is 1.72. The predicted molar refractivity (Wildman–Crippen MR) is 70.4 cm³/mol. The third-order valence-corrected chi connectivity index (χ3v) is 3.02. The lowest BCUT2D eigenvalue weighted by Gasteiger charge is -2.22. The van der Waals surface area contributed by atoms with Gasteiger partial charge in [-0.25, -0.2) is 0 Å². The molecule has 0 saturated heterocycles. The summed E-state index contributed by atoms with van der Waals surface area (Å²) in [6.07, 6.45) is 0.948. The Hall–Kier alpha value is -1.58. The van der Waals surface area contributed by atoms with Gasteiger partial charge in [-0.1, -0.05) is 32.9 Å². The molecule has 0 aromatic heterocycles. The Balaban J connectivity index is 3.07. The normalized spacial score (nSPS) is 12.5. The molecule has 0 heterocycles. The lowest BCUT2D eigenvalue weighted by atomic mass is 10.0.